The zero-order valence-electron chi connectivity index (χ0n) is 32.6. The average molecular weight is 811 g/mol. The molecule has 0 aliphatic rings. The summed E-state index contributed by atoms with van der Waals surface area (Å²) in [5.41, 5.74) is 2.41. The molecule has 0 fully saturated rings. The molecule has 2 amide bonds. The monoisotopic (exact) mass is 810 g/mol. The molecule has 3 aromatic rings. The van der Waals surface area contributed by atoms with E-state index in [0.29, 0.717) is 23.7 Å². The number of nitrogens with one attached hydrogen (secondary N) is 2. The average Bonchev–Trinajstić information content (AvgIpc) is 3.21. The lowest BCUT2D eigenvalue weighted by Crippen LogP contribution is -2.42. The van der Waals surface area contributed by atoms with Crippen LogP contribution in [0, 0.1) is 0 Å². The van der Waals surface area contributed by atoms with Crippen LogP contribution in [0.25, 0.3) is 0 Å². The van der Waals surface area contributed by atoms with E-state index in [1.165, 1.54) is 28.1 Å². The van der Waals surface area contributed by atoms with Crippen LogP contribution in [-0.2, 0) is 86.2 Å². The number of methoxy groups -OCH3 is 3. The fourth-order valence-electron chi connectivity index (χ4n) is 4.57. The van der Waals surface area contributed by atoms with E-state index in [4.69, 9.17) is 23.7 Å². The molecule has 58 heavy (non-hydrogen) atoms. The molecule has 0 aromatic heterocycles. The highest BCUT2D eigenvalue weighted by Gasteiger charge is 2.23. The molecule has 0 bridgehead atoms. The van der Waals surface area contributed by atoms with E-state index >= 15 is 0 Å². The SMILES string of the molecule is COC(=O)C(Cc1ccc(OC(=O)COCc2ccccc2)cc1)NC(C)=O.COC(=O)COC(=O)COc1ccc(CC(NC(C)=O)C(=O)OCC(=O)OC)cc1. The number of rotatable bonds is 20. The minimum atomic E-state index is -1.01. The molecule has 3 rings (SSSR count). The maximum Gasteiger partial charge on any atom is 0.344 e. The van der Waals surface area contributed by atoms with Crippen LogP contribution in [0.15, 0.2) is 78.9 Å². The van der Waals surface area contributed by atoms with Crippen molar-refractivity contribution in [3.8, 4) is 11.5 Å². The van der Waals surface area contributed by atoms with Crippen molar-refractivity contribution >= 4 is 47.6 Å². The number of hydrogen-bond donors (Lipinski definition) is 2. The Hall–Kier alpha value is -6.82. The van der Waals surface area contributed by atoms with Gasteiger partial charge < -0.3 is 48.5 Å². The predicted molar refractivity (Wildman–Crippen MR) is 201 cm³/mol. The van der Waals surface area contributed by atoms with E-state index in [-0.39, 0.29) is 25.4 Å². The fraction of sp³-hybridized carbons (Fsp3) is 0.350. The van der Waals surface area contributed by atoms with Crippen LogP contribution in [-0.4, -0.2) is 107 Å². The Morgan fingerprint density at radius 1 is 0.500 bits per heavy atom. The van der Waals surface area contributed by atoms with Crippen molar-refractivity contribution in [1.82, 2.24) is 10.6 Å². The van der Waals surface area contributed by atoms with Crippen molar-refractivity contribution in [1.29, 1.82) is 0 Å². The third-order valence-electron chi connectivity index (χ3n) is 7.31. The number of carbonyl (C=O) groups excluding carboxylic acids is 8. The van der Waals surface area contributed by atoms with Gasteiger partial charge in [-0.2, -0.15) is 0 Å². The third kappa shape index (κ3) is 19.7. The second-order valence-corrected chi connectivity index (χ2v) is 11.9. The minimum absolute atomic E-state index is 0.0983. The maximum absolute atomic E-state index is 12.1. The molecule has 0 heterocycles. The van der Waals surface area contributed by atoms with Crippen molar-refractivity contribution in [2.75, 3.05) is 47.8 Å². The van der Waals surface area contributed by atoms with Gasteiger partial charge in [-0.3, -0.25) is 9.59 Å². The standard InChI is InChI=1S/C21H23NO6.C19H23NO10/c1-15(23)22-19(21(25)26-2)12-16-8-10-18(11-9-16)28-20(24)14-27-13-17-6-4-3-5-7-17;1-12(21)20-15(19(25)30-10-17(23)27-3)8-13-4-6-14(7-5-13)28-11-18(24)29-9-16(22)26-2/h3-11,19H,12-14H2,1-2H3,(H,22,23);4-7,15H,8-11H2,1-3H3,(H,20,21). The fourth-order valence-corrected chi connectivity index (χ4v) is 4.57. The third-order valence-corrected chi connectivity index (χ3v) is 7.31. The molecule has 0 spiro atoms. The van der Waals surface area contributed by atoms with E-state index in [9.17, 15) is 38.4 Å². The summed E-state index contributed by atoms with van der Waals surface area (Å²) in [7, 11) is 3.59. The summed E-state index contributed by atoms with van der Waals surface area (Å²) >= 11 is 0. The lowest BCUT2D eigenvalue weighted by atomic mass is 10.1. The topological polar surface area (TPSA) is 234 Å². The Morgan fingerprint density at radius 3 is 1.50 bits per heavy atom. The molecule has 2 N–H and O–H groups in total. The maximum atomic E-state index is 12.1. The predicted octanol–water partition coefficient (Wildman–Crippen LogP) is 1.57. The summed E-state index contributed by atoms with van der Waals surface area (Å²) in [6.07, 6.45) is 0.363. The molecule has 0 saturated carbocycles. The molecule has 312 valence electrons. The van der Waals surface area contributed by atoms with E-state index in [1.807, 2.05) is 30.3 Å². The molecule has 0 aliphatic heterocycles. The molecule has 0 saturated heterocycles. The van der Waals surface area contributed by atoms with Gasteiger partial charge in [-0.05, 0) is 41.0 Å². The van der Waals surface area contributed by atoms with Crippen LogP contribution in [0.5, 0.6) is 11.5 Å². The number of ether oxygens (including phenoxy) is 8. The van der Waals surface area contributed by atoms with Crippen LogP contribution in [0.2, 0.25) is 0 Å². The molecule has 18 heteroatoms. The van der Waals surface area contributed by atoms with E-state index < -0.39 is 73.6 Å². The molecule has 18 nitrogen and oxygen atoms in total. The van der Waals surface area contributed by atoms with Gasteiger partial charge in [-0.15, -0.1) is 0 Å². The van der Waals surface area contributed by atoms with E-state index in [0.717, 1.165) is 18.2 Å². The summed E-state index contributed by atoms with van der Waals surface area (Å²) in [5, 5.41) is 5.00. The van der Waals surface area contributed by atoms with Gasteiger partial charge in [0.1, 0.15) is 30.2 Å². The Balaban J connectivity index is 0.000000401. The summed E-state index contributed by atoms with van der Waals surface area (Å²) in [5.74, 6) is -4.03. The highest BCUT2D eigenvalue weighted by atomic mass is 16.6. The van der Waals surface area contributed by atoms with E-state index in [1.54, 1.807) is 48.5 Å². The summed E-state index contributed by atoms with van der Waals surface area (Å²) in [4.78, 5) is 91.8. The Bertz CT molecular complexity index is 1810. The molecule has 2 atom stereocenters. The number of esters is 6. The summed E-state index contributed by atoms with van der Waals surface area (Å²) < 4.78 is 38.7. The number of benzene rings is 3. The van der Waals surface area contributed by atoms with Gasteiger partial charge in [-0.1, -0.05) is 54.6 Å². The van der Waals surface area contributed by atoms with E-state index in [2.05, 4.69) is 24.8 Å². The quantitative estimate of drug-likeness (QED) is 0.0936. The van der Waals surface area contributed by atoms with Crippen molar-refractivity contribution in [3.63, 3.8) is 0 Å². The van der Waals surface area contributed by atoms with Crippen molar-refractivity contribution in [3.05, 3.63) is 95.6 Å². The van der Waals surface area contributed by atoms with Crippen LogP contribution >= 0.6 is 0 Å². The number of amides is 2. The van der Waals surface area contributed by atoms with Crippen LogP contribution in [0.3, 0.4) is 0 Å². The first kappa shape index (κ1) is 47.3. The summed E-state index contributed by atoms with van der Waals surface area (Å²) in [6.45, 7) is 1.26. The molecule has 0 radical (unpaired) electrons. The minimum Gasteiger partial charge on any atom is -0.482 e. The first-order chi connectivity index (χ1) is 27.7. The molecule has 0 aliphatic carbocycles. The van der Waals surface area contributed by atoms with Crippen LogP contribution in [0.1, 0.15) is 30.5 Å². The van der Waals surface area contributed by atoms with Gasteiger partial charge in [0.2, 0.25) is 11.8 Å². The smallest absolute Gasteiger partial charge is 0.344 e. The second kappa shape index (κ2) is 26.1. The summed E-state index contributed by atoms with van der Waals surface area (Å²) in [6, 6.07) is 20.7. The first-order valence-electron chi connectivity index (χ1n) is 17.4. The zero-order chi connectivity index (χ0) is 42.9. The van der Waals surface area contributed by atoms with Crippen molar-refractivity contribution in [2.24, 2.45) is 0 Å². The van der Waals surface area contributed by atoms with Crippen molar-refractivity contribution < 1.29 is 76.3 Å². The lowest BCUT2D eigenvalue weighted by Gasteiger charge is -2.16. The van der Waals surface area contributed by atoms with Crippen LogP contribution in [0.4, 0.5) is 0 Å². The van der Waals surface area contributed by atoms with Gasteiger partial charge in [0.05, 0.1) is 27.9 Å². The lowest BCUT2D eigenvalue weighted by molar-refractivity contribution is -0.158. The van der Waals surface area contributed by atoms with Gasteiger partial charge in [0.15, 0.2) is 19.8 Å². The van der Waals surface area contributed by atoms with Gasteiger partial charge in [0.25, 0.3) is 0 Å². The number of hydrogen-bond acceptors (Lipinski definition) is 16. The van der Waals surface area contributed by atoms with Gasteiger partial charge in [-0.25, -0.2) is 28.8 Å². The first-order valence-corrected chi connectivity index (χ1v) is 17.4. The molecular formula is C40H46N2O16. The van der Waals surface area contributed by atoms with Crippen LogP contribution < -0.4 is 20.1 Å². The Labute approximate surface area is 334 Å². The largest absolute Gasteiger partial charge is 0.482 e. The highest BCUT2D eigenvalue weighted by Crippen LogP contribution is 2.16. The normalized spacial score (nSPS) is 11.1. The second-order valence-electron chi connectivity index (χ2n) is 11.9. The highest BCUT2D eigenvalue weighted by molar-refractivity contribution is 5.85. The number of carbonyl (C=O) groups is 8. The van der Waals surface area contributed by atoms with Crippen molar-refractivity contribution in [2.45, 2.75) is 45.4 Å². The molecule has 2 unspecified atom stereocenters. The zero-order valence-corrected chi connectivity index (χ0v) is 32.6. The van der Waals surface area contributed by atoms with Gasteiger partial charge >= 0.3 is 35.8 Å². The Kier molecular flexibility index (Phi) is 21.3. The molecule has 3 aromatic carbocycles. The molecular weight excluding hydrogens is 764 g/mol. The Morgan fingerprint density at radius 2 is 1.00 bits per heavy atom. The van der Waals surface area contributed by atoms with Gasteiger partial charge in [0, 0.05) is 26.7 Å².